The SMILES string of the molecule is CC(C)COC(=O)CCC(NC(=O)CNC(CCCCN(Cc1ccc(Br)cc1)C(=O)CCCCCNC(=O)OC(C)(C)C)C(=O)OCC(C)C)C(=O)OCC(C)C. The number of hydrogen-bond donors (Lipinski definition) is 3. The summed E-state index contributed by atoms with van der Waals surface area (Å²) in [4.78, 5) is 78.7. The first kappa shape index (κ1) is 52.3. The van der Waals surface area contributed by atoms with Crippen molar-refractivity contribution in [2.45, 2.75) is 144 Å². The molecule has 0 radical (unpaired) electrons. The minimum absolute atomic E-state index is 0.000237. The molecule has 0 fully saturated rings. The van der Waals surface area contributed by atoms with E-state index in [1.54, 1.807) is 0 Å². The molecule has 0 bridgehead atoms. The van der Waals surface area contributed by atoms with E-state index in [4.69, 9.17) is 18.9 Å². The summed E-state index contributed by atoms with van der Waals surface area (Å²) in [6.07, 6.45) is 3.46. The lowest BCUT2D eigenvalue weighted by Crippen LogP contribution is -2.49. The third kappa shape index (κ3) is 26.3. The van der Waals surface area contributed by atoms with Gasteiger partial charge in [-0.3, -0.25) is 24.5 Å². The van der Waals surface area contributed by atoms with Crippen molar-refractivity contribution in [2.24, 2.45) is 17.8 Å². The van der Waals surface area contributed by atoms with Crippen LogP contribution in [0.5, 0.6) is 0 Å². The van der Waals surface area contributed by atoms with Gasteiger partial charge >= 0.3 is 24.0 Å². The number of unbranched alkanes of at least 4 members (excludes halogenated alkanes) is 3. The number of amides is 3. The zero-order valence-corrected chi connectivity index (χ0v) is 38.0. The van der Waals surface area contributed by atoms with Crippen LogP contribution in [0.3, 0.4) is 0 Å². The van der Waals surface area contributed by atoms with Crippen LogP contribution in [0.4, 0.5) is 4.79 Å². The number of rotatable bonds is 28. The standard InChI is InChI=1S/C43H71BrN4O10/c1-30(2)27-55-39(51)22-21-36(41(53)57-29-32(5)6)47-37(49)25-46-35(40(52)56-28-31(3)4)15-12-14-24-48(26-33-17-19-34(44)20-18-33)38(50)16-11-10-13-23-45-42(54)58-43(7,8)9/h17-20,30-32,35-36,46H,10-16,21-29H2,1-9H3,(H,45,54)(H,47,49). The summed E-state index contributed by atoms with van der Waals surface area (Å²) in [6, 6.07) is 5.92. The van der Waals surface area contributed by atoms with Gasteiger partial charge in [0.2, 0.25) is 11.8 Å². The van der Waals surface area contributed by atoms with Crippen molar-refractivity contribution in [1.82, 2.24) is 20.9 Å². The lowest BCUT2D eigenvalue weighted by Gasteiger charge is -2.24. The molecule has 330 valence electrons. The number of carbonyl (C=O) groups excluding carboxylic acids is 6. The van der Waals surface area contributed by atoms with Gasteiger partial charge in [0.15, 0.2) is 0 Å². The highest BCUT2D eigenvalue weighted by Gasteiger charge is 2.26. The summed E-state index contributed by atoms with van der Waals surface area (Å²) in [5.74, 6) is -1.81. The fraction of sp³-hybridized carbons (Fsp3) is 0.721. The second kappa shape index (κ2) is 28.7. The van der Waals surface area contributed by atoms with Gasteiger partial charge in [0.25, 0.3) is 0 Å². The molecule has 0 spiro atoms. The van der Waals surface area contributed by atoms with Crippen molar-refractivity contribution in [2.75, 3.05) is 39.5 Å². The first-order valence-corrected chi connectivity index (χ1v) is 21.6. The monoisotopic (exact) mass is 882 g/mol. The van der Waals surface area contributed by atoms with Gasteiger partial charge in [-0.05, 0) is 94.7 Å². The zero-order valence-electron chi connectivity index (χ0n) is 36.4. The third-order valence-electron chi connectivity index (χ3n) is 8.29. The average Bonchev–Trinajstić information content (AvgIpc) is 3.13. The molecule has 0 heterocycles. The van der Waals surface area contributed by atoms with Gasteiger partial charge in [0.05, 0.1) is 26.4 Å². The number of alkyl carbamates (subject to hydrolysis) is 1. The summed E-state index contributed by atoms with van der Waals surface area (Å²) in [5, 5.41) is 8.41. The zero-order chi connectivity index (χ0) is 43.7. The van der Waals surface area contributed by atoms with E-state index in [9.17, 15) is 28.8 Å². The molecule has 3 amide bonds. The van der Waals surface area contributed by atoms with E-state index in [2.05, 4.69) is 31.9 Å². The Balaban J connectivity index is 2.88. The summed E-state index contributed by atoms with van der Waals surface area (Å²) >= 11 is 3.46. The van der Waals surface area contributed by atoms with Gasteiger partial charge in [0.1, 0.15) is 17.7 Å². The van der Waals surface area contributed by atoms with Crippen molar-refractivity contribution in [3.8, 4) is 0 Å². The number of nitrogens with zero attached hydrogens (tertiary/aromatic N) is 1. The minimum atomic E-state index is -1.07. The number of nitrogens with one attached hydrogen (secondary N) is 3. The summed E-state index contributed by atoms with van der Waals surface area (Å²) in [5.41, 5.74) is 0.419. The van der Waals surface area contributed by atoms with E-state index in [1.165, 1.54) is 0 Å². The molecule has 2 atom stereocenters. The van der Waals surface area contributed by atoms with Crippen LogP contribution in [-0.2, 0) is 49.5 Å². The highest BCUT2D eigenvalue weighted by Crippen LogP contribution is 2.16. The number of ether oxygens (including phenoxy) is 4. The van der Waals surface area contributed by atoms with Crippen LogP contribution in [0, 0.1) is 17.8 Å². The lowest BCUT2D eigenvalue weighted by atomic mass is 10.1. The van der Waals surface area contributed by atoms with E-state index in [1.807, 2.05) is 91.5 Å². The molecule has 0 saturated heterocycles. The Bertz CT molecular complexity index is 1400. The molecule has 0 aliphatic rings. The second-order valence-electron chi connectivity index (χ2n) is 16.9. The molecular formula is C43H71BrN4O10. The van der Waals surface area contributed by atoms with Crippen LogP contribution in [0.25, 0.3) is 0 Å². The fourth-order valence-electron chi connectivity index (χ4n) is 5.30. The smallest absolute Gasteiger partial charge is 0.407 e. The molecular weight excluding hydrogens is 812 g/mol. The van der Waals surface area contributed by atoms with E-state index in [0.717, 1.165) is 16.5 Å². The van der Waals surface area contributed by atoms with Crippen molar-refractivity contribution >= 4 is 51.7 Å². The highest BCUT2D eigenvalue weighted by atomic mass is 79.9. The Morgan fingerprint density at radius 2 is 1.29 bits per heavy atom. The van der Waals surface area contributed by atoms with Gasteiger partial charge in [0, 0.05) is 36.9 Å². The Hall–Kier alpha value is -3.72. The molecule has 0 saturated carbocycles. The van der Waals surface area contributed by atoms with Gasteiger partial charge in [-0.25, -0.2) is 9.59 Å². The maximum Gasteiger partial charge on any atom is 0.407 e. The number of benzene rings is 1. The van der Waals surface area contributed by atoms with E-state index in [0.29, 0.717) is 58.2 Å². The van der Waals surface area contributed by atoms with Crippen LogP contribution >= 0.6 is 15.9 Å². The van der Waals surface area contributed by atoms with Gasteiger partial charge < -0.3 is 34.5 Å². The first-order valence-electron chi connectivity index (χ1n) is 20.8. The molecule has 0 aromatic heterocycles. The topological polar surface area (TPSA) is 179 Å². The van der Waals surface area contributed by atoms with Crippen molar-refractivity contribution in [1.29, 1.82) is 0 Å². The number of esters is 3. The maximum atomic E-state index is 13.5. The first-order chi connectivity index (χ1) is 27.2. The summed E-state index contributed by atoms with van der Waals surface area (Å²) in [7, 11) is 0. The molecule has 58 heavy (non-hydrogen) atoms. The molecule has 2 unspecified atom stereocenters. The van der Waals surface area contributed by atoms with Crippen LogP contribution in [0.2, 0.25) is 0 Å². The Morgan fingerprint density at radius 3 is 1.88 bits per heavy atom. The summed E-state index contributed by atoms with van der Waals surface area (Å²) < 4.78 is 22.3. The van der Waals surface area contributed by atoms with Gasteiger partial charge in [-0.2, -0.15) is 0 Å². The van der Waals surface area contributed by atoms with E-state index in [-0.39, 0.29) is 62.9 Å². The maximum absolute atomic E-state index is 13.5. The summed E-state index contributed by atoms with van der Waals surface area (Å²) in [6.45, 7) is 18.6. The predicted molar refractivity (Wildman–Crippen MR) is 226 cm³/mol. The molecule has 1 aromatic rings. The van der Waals surface area contributed by atoms with E-state index < -0.39 is 47.6 Å². The van der Waals surface area contributed by atoms with Crippen LogP contribution in [0.15, 0.2) is 28.7 Å². The fourth-order valence-corrected chi connectivity index (χ4v) is 5.56. The molecule has 14 nitrogen and oxygen atoms in total. The Labute approximate surface area is 355 Å². The molecule has 3 N–H and O–H groups in total. The normalized spacial score (nSPS) is 12.5. The molecule has 15 heteroatoms. The second-order valence-corrected chi connectivity index (χ2v) is 17.8. The van der Waals surface area contributed by atoms with E-state index >= 15 is 0 Å². The lowest BCUT2D eigenvalue weighted by molar-refractivity contribution is -0.151. The number of halogens is 1. The van der Waals surface area contributed by atoms with Crippen LogP contribution in [0.1, 0.15) is 126 Å². The number of carbonyl (C=O) groups is 6. The van der Waals surface area contributed by atoms with Crippen LogP contribution < -0.4 is 16.0 Å². The molecule has 1 rings (SSSR count). The Kier molecular flexibility index (Phi) is 25.8. The molecule has 0 aliphatic carbocycles. The quantitative estimate of drug-likeness (QED) is 0.0455. The van der Waals surface area contributed by atoms with Crippen molar-refractivity contribution in [3.63, 3.8) is 0 Å². The highest BCUT2D eigenvalue weighted by molar-refractivity contribution is 9.10. The third-order valence-corrected chi connectivity index (χ3v) is 8.82. The van der Waals surface area contributed by atoms with Crippen molar-refractivity contribution < 1.29 is 47.7 Å². The van der Waals surface area contributed by atoms with Crippen molar-refractivity contribution in [3.05, 3.63) is 34.3 Å². The predicted octanol–water partition coefficient (Wildman–Crippen LogP) is 6.85. The Morgan fingerprint density at radius 1 is 0.707 bits per heavy atom. The van der Waals surface area contributed by atoms with Crippen LogP contribution in [-0.4, -0.2) is 97.9 Å². The van der Waals surface area contributed by atoms with Gasteiger partial charge in [-0.1, -0.05) is 76.0 Å². The minimum Gasteiger partial charge on any atom is -0.465 e. The largest absolute Gasteiger partial charge is 0.465 e. The molecule has 1 aromatic carbocycles. The average molecular weight is 884 g/mol. The number of hydrogen-bond acceptors (Lipinski definition) is 11. The molecule has 0 aliphatic heterocycles. The van der Waals surface area contributed by atoms with Gasteiger partial charge in [-0.15, -0.1) is 0 Å².